The SMILES string of the molecule is CC1CCC2(CC1)NC(=O)N(NC(=O)CN1CC=C(c3ccccc3)CC1)C2=O. The Labute approximate surface area is 171 Å². The monoisotopic (exact) mass is 396 g/mol. The molecule has 0 radical (unpaired) electrons. The van der Waals surface area contributed by atoms with Crippen LogP contribution in [-0.4, -0.2) is 52.9 Å². The highest BCUT2D eigenvalue weighted by Gasteiger charge is 2.52. The van der Waals surface area contributed by atoms with Gasteiger partial charge in [-0.3, -0.25) is 19.9 Å². The molecule has 0 bridgehead atoms. The van der Waals surface area contributed by atoms with Crippen LogP contribution < -0.4 is 10.7 Å². The van der Waals surface area contributed by atoms with E-state index in [0.29, 0.717) is 25.3 Å². The standard InChI is InChI=1S/C22H28N4O3/c1-16-7-11-22(12-8-16)20(28)26(21(29)23-22)24-19(27)15-25-13-9-18(10-14-25)17-5-3-2-4-6-17/h2-6,9,16H,7-8,10-15H2,1H3,(H,23,29)(H,24,27). The van der Waals surface area contributed by atoms with Gasteiger partial charge in [-0.15, -0.1) is 0 Å². The van der Waals surface area contributed by atoms with E-state index in [4.69, 9.17) is 0 Å². The van der Waals surface area contributed by atoms with Crippen molar-refractivity contribution in [1.29, 1.82) is 0 Å². The van der Waals surface area contributed by atoms with E-state index in [-0.39, 0.29) is 18.4 Å². The first kappa shape index (κ1) is 19.6. The van der Waals surface area contributed by atoms with Gasteiger partial charge in [0.2, 0.25) is 0 Å². The van der Waals surface area contributed by atoms with E-state index >= 15 is 0 Å². The van der Waals surface area contributed by atoms with Crippen molar-refractivity contribution in [2.24, 2.45) is 5.92 Å². The molecule has 3 aliphatic rings. The number of hydrogen-bond acceptors (Lipinski definition) is 4. The Morgan fingerprint density at radius 3 is 2.59 bits per heavy atom. The number of imide groups is 1. The molecule has 0 atom stereocenters. The number of hydrazine groups is 1. The first-order chi connectivity index (χ1) is 14.0. The van der Waals surface area contributed by atoms with Crippen molar-refractivity contribution >= 4 is 23.4 Å². The summed E-state index contributed by atoms with van der Waals surface area (Å²) in [7, 11) is 0. The molecule has 2 fully saturated rings. The Hall–Kier alpha value is -2.67. The summed E-state index contributed by atoms with van der Waals surface area (Å²) in [4.78, 5) is 39.7. The van der Waals surface area contributed by atoms with E-state index in [2.05, 4.69) is 35.9 Å². The lowest BCUT2D eigenvalue weighted by atomic mass is 9.77. The molecule has 2 heterocycles. The molecule has 0 aromatic heterocycles. The molecular weight excluding hydrogens is 368 g/mol. The molecule has 7 heteroatoms. The van der Waals surface area contributed by atoms with Crippen LogP contribution >= 0.6 is 0 Å². The summed E-state index contributed by atoms with van der Waals surface area (Å²) in [5, 5.41) is 3.70. The van der Waals surface area contributed by atoms with E-state index in [1.807, 2.05) is 23.1 Å². The largest absolute Gasteiger partial charge is 0.344 e. The zero-order valence-corrected chi connectivity index (χ0v) is 16.8. The smallest absolute Gasteiger partial charge is 0.322 e. The lowest BCUT2D eigenvalue weighted by Gasteiger charge is -2.33. The molecular formula is C22H28N4O3. The Morgan fingerprint density at radius 2 is 1.93 bits per heavy atom. The number of hydrogen-bond donors (Lipinski definition) is 2. The summed E-state index contributed by atoms with van der Waals surface area (Å²) in [6.45, 7) is 3.74. The van der Waals surface area contributed by atoms with Crippen LogP contribution in [0.4, 0.5) is 4.79 Å². The van der Waals surface area contributed by atoms with Gasteiger partial charge in [-0.1, -0.05) is 43.3 Å². The fourth-order valence-corrected chi connectivity index (χ4v) is 4.45. The second kappa shape index (κ2) is 7.99. The van der Waals surface area contributed by atoms with E-state index < -0.39 is 11.6 Å². The van der Waals surface area contributed by atoms with Gasteiger partial charge in [-0.2, -0.15) is 5.01 Å². The molecule has 4 rings (SSSR count). The minimum atomic E-state index is -0.838. The molecule has 1 saturated carbocycles. The van der Waals surface area contributed by atoms with Crippen molar-refractivity contribution in [3.63, 3.8) is 0 Å². The van der Waals surface area contributed by atoms with Crippen LogP contribution in [0.5, 0.6) is 0 Å². The summed E-state index contributed by atoms with van der Waals surface area (Å²) >= 11 is 0. The summed E-state index contributed by atoms with van der Waals surface area (Å²) in [5.74, 6) is -0.110. The number of carbonyl (C=O) groups is 3. The minimum absolute atomic E-state index is 0.152. The van der Waals surface area contributed by atoms with Crippen molar-refractivity contribution in [2.45, 2.75) is 44.6 Å². The van der Waals surface area contributed by atoms with E-state index in [9.17, 15) is 14.4 Å². The third kappa shape index (κ3) is 4.05. The molecule has 1 spiro atoms. The highest BCUT2D eigenvalue weighted by Crippen LogP contribution is 2.35. The third-order valence-electron chi connectivity index (χ3n) is 6.33. The molecule has 1 aromatic carbocycles. The van der Waals surface area contributed by atoms with Gasteiger partial charge in [0.05, 0.1) is 6.54 Å². The van der Waals surface area contributed by atoms with Crippen molar-refractivity contribution in [2.75, 3.05) is 19.6 Å². The molecule has 0 unspecified atom stereocenters. The molecule has 1 aromatic rings. The average Bonchev–Trinajstić information content (AvgIpc) is 2.96. The maximum absolute atomic E-state index is 12.8. The highest BCUT2D eigenvalue weighted by atomic mass is 16.2. The normalized spacial score (nSPS) is 27.7. The number of amides is 4. The minimum Gasteiger partial charge on any atom is -0.322 e. The van der Waals surface area contributed by atoms with Gasteiger partial charge in [-0.05, 0) is 49.2 Å². The van der Waals surface area contributed by atoms with Crippen LogP contribution in [0.3, 0.4) is 0 Å². The fourth-order valence-electron chi connectivity index (χ4n) is 4.45. The van der Waals surface area contributed by atoms with Gasteiger partial charge in [0.25, 0.3) is 11.8 Å². The van der Waals surface area contributed by atoms with Gasteiger partial charge in [0.15, 0.2) is 0 Å². The van der Waals surface area contributed by atoms with Crippen LogP contribution in [0.15, 0.2) is 36.4 Å². The lowest BCUT2D eigenvalue weighted by molar-refractivity contribution is -0.140. The Balaban J connectivity index is 1.32. The highest BCUT2D eigenvalue weighted by molar-refractivity contribution is 6.08. The van der Waals surface area contributed by atoms with Gasteiger partial charge in [-0.25, -0.2) is 4.79 Å². The molecule has 2 N–H and O–H groups in total. The van der Waals surface area contributed by atoms with Crippen molar-refractivity contribution in [3.05, 3.63) is 42.0 Å². The average molecular weight is 396 g/mol. The summed E-state index contributed by atoms with van der Waals surface area (Å²) in [5.41, 5.74) is 4.18. The Morgan fingerprint density at radius 1 is 1.21 bits per heavy atom. The van der Waals surface area contributed by atoms with Gasteiger partial charge in [0.1, 0.15) is 5.54 Å². The summed E-state index contributed by atoms with van der Waals surface area (Å²) in [6.07, 6.45) is 6.06. The van der Waals surface area contributed by atoms with Crippen LogP contribution in [0, 0.1) is 5.92 Å². The maximum atomic E-state index is 12.8. The fraction of sp³-hybridized carbons (Fsp3) is 0.500. The maximum Gasteiger partial charge on any atom is 0.344 e. The topological polar surface area (TPSA) is 81.8 Å². The third-order valence-corrected chi connectivity index (χ3v) is 6.33. The first-order valence-corrected chi connectivity index (χ1v) is 10.4. The second-order valence-electron chi connectivity index (χ2n) is 8.45. The van der Waals surface area contributed by atoms with Crippen LogP contribution in [-0.2, 0) is 9.59 Å². The Bertz CT molecular complexity index is 828. The lowest BCUT2D eigenvalue weighted by Crippen LogP contribution is -2.53. The number of rotatable bonds is 4. The Kier molecular flexibility index (Phi) is 5.41. The summed E-state index contributed by atoms with van der Waals surface area (Å²) in [6, 6.07) is 9.70. The van der Waals surface area contributed by atoms with Crippen LogP contribution in [0.2, 0.25) is 0 Å². The predicted molar refractivity (Wildman–Crippen MR) is 109 cm³/mol. The van der Waals surface area contributed by atoms with Crippen molar-refractivity contribution < 1.29 is 14.4 Å². The van der Waals surface area contributed by atoms with Crippen LogP contribution in [0.25, 0.3) is 5.57 Å². The van der Waals surface area contributed by atoms with E-state index in [1.54, 1.807) is 0 Å². The van der Waals surface area contributed by atoms with Gasteiger partial charge >= 0.3 is 6.03 Å². The zero-order chi connectivity index (χ0) is 20.4. The number of nitrogens with one attached hydrogen (secondary N) is 2. The van der Waals surface area contributed by atoms with E-state index in [0.717, 1.165) is 30.8 Å². The van der Waals surface area contributed by atoms with Gasteiger partial charge < -0.3 is 5.32 Å². The molecule has 4 amide bonds. The quantitative estimate of drug-likeness (QED) is 0.766. The summed E-state index contributed by atoms with van der Waals surface area (Å²) < 4.78 is 0. The second-order valence-corrected chi connectivity index (χ2v) is 8.45. The number of carbonyl (C=O) groups excluding carboxylic acids is 3. The van der Waals surface area contributed by atoms with Crippen molar-refractivity contribution in [1.82, 2.24) is 20.7 Å². The number of nitrogens with zero attached hydrogens (tertiary/aromatic N) is 2. The van der Waals surface area contributed by atoms with Gasteiger partial charge in [0, 0.05) is 13.1 Å². The van der Waals surface area contributed by atoms with Crippen molar-refractivity contribution in [3.8, 4) is 0 Å². The first-order valence-electron chi connectivity index (χ1n) is 10.4. The van der Waals surface area contributed by atoms with Crippen LogP contribution in [0.1, 0.15) is 44.6 Å². The number of urea groups is 1. The molecule has 1 aliphatic carbocycles. The predicted octanol–water partition coefficient (Wildman–Crippen LogP) is 2.31. The zero-order valence-electron chi connectivity index (χ0n) is 16.8. The number of benzene rings is 1. The molecule has 29 heavy (non-hydrogen) atoms. The molecule has 2 aliphatic heterocycles. The molecule has 1 saturated heterocycles. The molecule has 7 nitrogen and oxygen atoms in total. The molecule has 154 valence electrons. The van der Waals surface area contributed by atoms with E-state index in [1.165, 1.54) is 11.1 Å².